The van der Waals surface area contributed by atoms with Crippen LogP contribution in [-0.2, 0) is 6.42 Å². The number of likely N-dealkylation sites (N-methyl/N-ethyl adjacent to an activating group) is 1. The molecule has 0 radical (unpaired) electrons. The summed E-state index contributed by atoms with van der Waals surface area (Å²) in [5, 5.41) is 15.6. The molecule has 0 aliphatic carbocycles. The normalized spacial score (nSPS) is 12.9. The number of nitrogens with zero attached hydrogens (tertiary/aromatic N) is 4. The van der Waals surface area contributed by atoms with Crippen molar-refractivity contribution in [1.29, 1.82) is 0 Å². The number of hydrogen-bond donors (Lipinski definition) is 1. The molecule has 0 bridgehead atoms. The fourth-order valence-corrected chi connectivity index (χ4v) is 1.88. The first-order valence-corrected chi connectivity index (χ1v) is 6.18. The second-order valence-electron chi connectivity index (χ2n) is 4.60. The van der Waals surface area contributed by atoms with Crippen molar-refractivity contribution in [3.8, 4) is 0 Å². The highest BCUT2D eigenvalue weighted by molar-refractivity contribution is 5.15. The van der Waals surface area contributed by atoms with Crippen LogP contribution < -0.4 is 5.32 Å². The summed E-state index contributed by atoms with van der Waals surface area (Å²) in [6, 6.07) is 4.66. The zero-order chi connectivity index (χ0) is 13.0. The van der Waals surface area contributed by atoms with Crippen molar-refractivity contribution in [3.05, 3.63) is 42.0 Å². The Kier molecular flexibility index (Phi) is 4.04. The zero-order valence-corrected chi connectivity index (χ0v) is 11.0. The third-order valence-electron chi connectivity index (χ3n) is 2.96. The standard InChI is InChI=1S/C13H19N5/c1-10(2)18-7-5-12(17-18)8-13(14-3)11-4-6-15-16-9-11/h4-7,9-10,13-14H,8H2,1-3H3. The highest BCUT2D eigenvalue weighted by Crippen LogP contribution is 2.16. The monoisotopic (exact) mass is 245 g/mol. The third-order valence-corrected chi connectivity index (χ3v) is 2.96. The summed E-state index contributed by atoms with van der Waals surface area (Å²) in [4.78, 5) is 0. The van der Waals surface area contributed by atoms with Gasteiger partial charge >= 0.3 is 0 Å². The van der Waals surface area contributed by atoms with Gasteiger partial charge < -0.3 is 5.32 Å². The number of nitrogens with one attached hydrogen (secondary N) is 1. The lowest BCUT2D eigenvalue weighted by molar-refractivity contribution is 0.514. The molecule has 2 heterocycles. The SMILES string of the molecule is CNC(Cc1ccn(C(C)C)n1)c1ccnnc1. The van der Waals surface area contributed by atoms with Gasteiger partial charge in [0, 0.05) is 30.9 Å². The second kappa shape index (κ2) is 5.73. The molecule has 2 aromatic heterocycles. The molecular formula is C13H19N5. The van der Waals surface area contributed by atoms with Gasteiger partial charge in [-0.3, -0.25) is 4.68 Å². The van der Waals surface area contributed by atoms with Crippen molar-refractivity contribution in [3.63, 3.8) is 0 Å². The van der Waals surface area contributed by atoms with Gasteiger partial charge in [0.15, 0.2) is 0 Å². The van der Waals surface area contributed by atoms with Crippen LogP contribution in [0.2, 0.25) is 0 Å². The lowest BCUT2D eigenvalue weighted by Gasteiger charge is -2.14. The van der Waals surface area contributed by atoms with Gasteiger partial charge in [0.25, 0.3) is 0 Å². The molecule has 1 N–H and O–H groups in total. The summed E-state index contributed by atoms with van der Waals surface area (Å²) in [5.74, 6) is 0. The zero-order valence-electron chi connectivity index (χ0n) is 11.0. The molecule has 0 aliphatic rings. The van der Waals surface area contributed by atoms with Crippen molar-refractivity contribution in [2.24, 2.45) is 0 Å². The summed E-state index contributed by atoms with van der Waals surface area (Å²) < 4.78 is 1.98. The van der Waals surface area contributed by atoms with Crippen LogP contribution in [0.5, 0.6) is 0 Å². The molecule has 0 amide bonds. The van der Waals surface area contributed by atoms with E-state index in [0.29, 0.717) is 6.04 Å². The second-order valence-corrected chi connectivity index (χ2v) is 4.60. The van der Waals surface area contributed by atoms with Crippen molar-refractivity contribution in [2.45, 2.75) is 32.4 Å². The van der Waals surface area contributed by atoms with Gasteiger partial charge in [-0.05, 0) is 38.6 Å². The van der Waals surface area contributed by atoms with E-state index < -0.39 is 0 Å². The van der Waals surface area contributed by atoms with Gasteiger partial charge in [-0.15, -0.1) is 0 Å². The van der Waals surface area contributed by atoms with Crippen LogP contribution in [0.4, 0.5) is 0 Å². The molecule has 1 atom stereocenters. The molecule has 5 nitrogen and oxygen atoms in total. The maximum Gasteiger partial charge on any atom is 0.0643 e. The topological polar surface area (TPSA) is 55.6 Å². The molecule has 0 aliphatic heterocycles. The Bertz CT molecular complexity index is 477. The lowest BCUT2D eigenvalue weighted by Crippen LogP contribution is -2.19. The number of hydrogen-bond acceptors (Lipinski definition) is 4. The van der Waals surface area contributed by atoms with Gasteiger partial charge in [0.2, 0.25) is 0 Å². The van der Waals surface area contributed by atoms with Crippen molar-refractivity contribution >= 4 is 0 Å². The highest BCUT2D eigenvalue weighted by atomic mass is 15.3. The van der Waals surface area contributed by atoms with Crippen molar-refractivity contribution in [2.75, 3.05) is 7.05 Å². The van der Waals surface area contributed by atoms with E-state index in [1.807, 2.05) is 24.0 Å². The van der Waals surface area contributed by atoms with E-state index in [1.54, 1.807) is 12.4 Å². The van der Waals surface area contributed by atoms with Crippen LogP contribution in [0.3, 0.4) is 0 Å². The minimum absolute atomic E-state index is 0.219. The highest BCUT2D eigenvalue weighted by Gasteiger charge is 2.12. The van der Waals surface area contributed by atoms with E-state index in [-0.39, 0.29) is 6.04 Å². The van der Waals surface area contributed by atoms with Gasteiger partial charge in [-0.2, -0.15) is 15.3 Å². The van der Waals surface area contributed by atoms with E-state index in [9.17, 15) is 0 Å². The van der Waals surface area contributed by atoms with Crippen LogP contribution in [0.1, 0.15) is 37.2 Å². The molecule has 5 heteroatoms. The minimum atomic E-state index is 0.219. The van der Waals surface area contributed by atoms with Gasteiger partial charge in [-0.25, -0.2) is 0 Å². The van der Waals surface area contributed by atoms with Gasteiger partial charge in [0.05, 0.1) is 11.9 Å². The van der Waals surface area contributed by atoms with Gasteiger partial charge in [0.1, 0.15) is 0 Å². The predicted octanol–water partition coefficient (Wildman–Crippen LogP) is 1.76. The smallest absolute Gasteiger partial charge is 0.0643 e. The van der Waals surface area contributed by atoms with Crippen LogP contribution in [0, 0.1) is 0 Å². The maximum atomic E-state index is 4.56. The molecule has 0 saturated heterocycles. The van der Waals surface area contributed by atoms with Gasteiger partial charge in [-0.1, -0.05) is 0 Å². The predicted molar refractivity (Wildman–Crippen MR) is 70.1 cm³/mol. The molecule has 0 saturated carbocycles. The first kappa shape index (κ1) is 12.7. The average Bonchev–Trinajstić information content (AvgIpc) is 2.86. The Morgan fingerprint density at radius 1 is 1.28 bits per heavy atom. The quantitative estimate of drug-likeness (QED) is 0.872. The van der Waals surface area contributed by atoms with E-state index in [4.69, 9.17) is 0 Å². The molecule has 2 rings (SSSR count). The molecule has 0 aromatic carbocycles. The van der Waals surface area contributed by atoms with E-state index >= 15 is 0 Å². The third kappa shape index (κ3) is 2.92. The number of rotatable bonds is 5. The summed E-state index contributed by atoms with van der Waals surface area (Å²) in [6.45, 7) is 4.25. The summed E-state index contributed by atoms with van der Waals surface area (Å²) in [7, 11) is 1.95. The van der Waals surface area contributed by atoms with Crippen LogP contribution in [0.15, 0.2) is 30.7 Å². The Balaban J connectivity index is 2.10. The molecule has 0 spiro atoms. The summed E-state index contributed by atoms with van der Waals surface area (Å²) >= 11 is 0. The Morgan fingerprint density at radius 3 is 2.67 bits per heavy atom. The van der Waals surface area contributed by atoms with Crippen LogP contribution >= 0.6 is 0 Å². The first-order chi connectivity index (χ1) is 8.70. The summed E-state index contributed by atoms with van der Waals surface area (Å²) in [6.07, 6.45) is 6.38. The fourth-order valence-electron chi connectivity index (χ4n) is 1.88. The van der Waals surface area contributed by atoms with E-state index in [0.717, 1.165) is 17.7 Å². The summed E-state index contributed by atoms with van der Waals surface area (Å²) in [5.41, 5.74) is 2.21. The Labute approximate surface area is 107 Å². The van der Waals surface area contributed by atoms with E-state index in [1.165, 1.54) is 0 Å². The number of aromatic nitrogens is 4. The minimum Gasteiger partial charge on any atom is -0.313 e. The fraction of sp³-hybridized carbons (Fsp3) is 0.462. The molecule has 2 aromatic rings. The Morgan fingerprint density at radius 2 is 2.11 bits per heavy atom. The lowest BCUT2D eigenvalue weighted by atomic mass is 10.1. The van der Waals surface area contributed by atoms with Crippen molar-refractivity contribution < 1.29 is 0 Å². The molecule has 1 unspecified atom stereocenters. The average molecular weight is 245 g/mol. The van der Waals surface area contributed by atoms with Crippen LogP contribution in [0.25, 0.3) is 0 Å². The Hall–Kier alpha value is -1.75. The van der Waals surface area contributed by atoms with Crippen molar-refractivity contribution in [1.82, 2.24) is 25.3 Å². The molecule has 0 fully saturated rings. The molecule has 96 valence electrons. The van der Waals surface area contributed by atoms with E-state index in [2.05, 4.69) is 40.5 Å². The molecule has 18 heavy (non-hydrogen) atoms. The first-order valence-electron chi connectivity index (χ1n) is 6.18. The largest absolute Gasteiger partial charge is 0.313 e. The maximum absolute atomic E-state index is 4.56. The van der Waals surface area contributed by atoms with Crippen LogP contribution in [-0.4, -0.2) is 27.0 Å². The molecular weight excluding hydrogens is 226 g/mol.